The quantitative estimate of drug-likeness (QED) is 0.688. The zero-order valence-electron chi connectivity index (χ0n) is 17.8. The second-order valence-corrected chi connectivity index (χ2v) is 10.3. The van der Waals surface area contributed by atoms with E-state index < -0.39 is 29.1 Å². The molecule has 2 amide bonds. The fraction of sp³-hybridized carbons (Fsp3) is 0.667. The number of rotatable bonds is 7. The SMILES string of the molecule is CC(C)C(NC(=O)c1c(F)cccc1F)C(=O)NCCC12CC3CC(CC(C3)C1)C2. The van der Waals surface area contributed by atoms with Gasteiger partial charge in [0.15, 0.2) is 0 Å². The molecule has 1 aromatic rings. The molecular weight excluding hydrogens is 386 g/mol. The summed E-state index contributed by atoms with van der Waals surface area (Å²) in [5, 5.41) is 5.51. The number of hydrogen-bond acceptors (Lipinski definition) is 2. The lowest BCUT2D eigenvalue weighted by Crippen LogP contribution is -2.51. The Balaban J connectivity index is 1.34. The van der Waals surface area contributed by atoms with Crippen LogP contribution in [0.2, 0.25) is 0 Å². The van der Waals surface area contributed by atoms with E-state index in [1.54, 1.807) is 13.8 Å². The second-order valence-electron chi connectivity index (χ2n) is 10.3. The fourth-order valence-corrected chi connectivity index (χ4v) is 6.62. The Morgan fingerprint density at radius 1 is 1.03 bits per heavy atom. The molecule has 0 aromatic heterocycles. The van der Waals surface area contributed by atoms with Crippen LogP contribution in [-0.2, 0) is 4.79 Å². The molecule has 0 spiro atoms. The topological polar surface area (TPSA) is 58.2 Å². The molecule has 0 radical (unpaired) electrons. The first-order chi connectivity index (χ1) is 14.3. The molecule has 6 heteroatoms. The Kier molecular flexibility index (Phi) is 5.86. The average molecular weight is 419 g/mol. The van der Waals surface area contributed by atoms with Gasteiger partial charge in [0.25, 0.3) is 5.91 Å². The first kappa shape index (κ1) is 21.3. The summed E-state index contributed by atoms with van der Waals surface area (Å²) in [7, 11) is 0. The third-order valence-corrected chi connectivity index (χ3v) is 7.55. The van der Waals surface area contributed by atoms with E-state index >= 15 is 0 Å². The first-order valence-electron chi connectivity index (χ1n) is 11.3. The van der Waals surface area contributed by atoms with Crippen molar-refractivity contribution in [1.29, 1.82) is 0 Å². The number of halogens is 2. The Hall–Kier alpha value is -1.98. The standard InChI is InChI=1S/C24H32F2N2O2/c1-14(2)21(28-22(29)20-18(25)4-3-5-19(20)26)23(30)27-7-6-24-11-15-8-16(12-24)10-17(9-15)13-24/h3-5,14-17,21H,6-13H2,1-2H3,(H,27,30)(H,28,29). The van der Waals surface area contributed by atoms with Crippen molar-refractivity contribution in [3.8, 4) is 0 Å². The lowest BCUT2D eigenvalue weighted by atomic mass is 9.49. The lowest BCUT2D eigenvalue weighted by molar-refractivity contribution is -0.124. The van der Waals surface area contributed by atoms with Crippen molar-refractivity contribution in [2.75, 3.05) is 6.54 Å². The van der Waals surface area contributed by atoms with Crippen molar-refractivity contribution in [2.24, 2.45) is 29.1 Å². The number of carbonyl (C=O) groups excluding carboxylic acids is 2. The van der Waals surface area contributed by atoms with Gasteiger partial charge in [-0.15, -0.1) is 0 Å². The number of nitrogens with one attached hydrogen (secondary N) is 2. The zero-order valence-corrected chi connectivity index (χ0v) is 17.8. The molecule has 2 N–H and O–H groups in total. The van der Waals surface area contributed by atoms with E-state index in [4.69, 9.17) is 0 Å². The predicted molar refractivity (Wildman–Crippen MR) is 111 cm³/mol. The molecule has 4 aliphatic carbocycles. The first-order valence-corrected chi connectivity index (χ1v) is 11.3. The summed E-state index contributed by atoms with van der Waals surface area (Å²) in [4.78, 5) is 25.2. The maximum Gasteiger partial charge on any atom is 0.257 e. The van der Waals surface area contributed by atoms with Gasteiger partial charge in [-0.2, -0.15) is 0 Å². The van der Waals surface area contributed by atoms with Gasteiger partial charge >= 0.3 is 0 Å². The second kappa shape index (κ2) is 8.27. The third-order valence-electron chi connectivity index (χ3n) is 7.55. The Labute approximate surface area is 177 Å². The van der Waals surface area contributed by atoms with Crippen LogP contribution in [0.5, 0.6) is 0 Å². The molecule has 1 atom stereocenters. The van der Waals surface area contributed by atoms with E-state index in [2.05, 4.69) is 10.6 Å². The highest BCUT2D eigenvalue weighted by Gasteiger charge is 2.50. The van der Waals surface area contributed by atoms with Crippen LogP contribution in [0.25, 0.3) is 0 Å². The van der Waals surface area contributed by atoms with Crippen LogP contribution in [-0.4, -0.2) is 24.4 Å². The molecule has 0 saturated heterocycles. The molecule has 4 fully saturated rings. The molecule has 30 heavy (non-hydrogen) atoms. The maximum atomic E-state index is 13.9. The smallest absolute Gasteiger partial charge is 0.257 e. The molecule has 4 aliphatic rings. The van der Waals surface area contributed by atoms with Crippen LogP contribution in [0.1, 0.15) is 69.2 Å². The Morgan fingerprint density at radius 3 is 2.07 bits per heavy atom. The predicted octanol–water partition coefficient (Wildman–Crippen LogP) is 4.44. The summed E-state index contributed by atoms with van der Waals surface area (Å²) in [5.74, 6) is -0.667. The zero-order chi connectivity index (χ0) is 21.5. The highest BCUT2D eigenvalue weighted by atomic mass is 19.1. The molecule has 4 nitrogen and oxygen atoms in total. The van der Waals surface area contributed by atoms with Crippen molar-refractivity contribution < 1.29 is 18.4 Å². The van der Waals surface area contributed by atoms with E-state index in [9.17, 15) is 18.4 Å². The monoisotopic (exact) mass is 418 g/mol. The van der Waals surface area contributed by atoms with E-state index in [1.165, 1.54) is 44.6 Å². The van der Waals surface area contributed by atoms with Gasteiger partial charge in [0.2, 0.25) is 5.91 Å². The summed E-state index contributed by atoms with van der Waals surface area (Å²) in [6, 6.07) is 2.44. The van der Waals surface area contributed by atoms with Crippen LogP contribution >= 0.6 is 0 Å². The van der Waals surface area contributed by atoms with Crippen LogP contribution in [0.3, 0.4) is 0 Å². The Morgan fingerprint density at radius 2 is 1.57 bits per heavy atom. The largest absolute Gasteiger partial charge is 0.354 e. The van der Waals surface area contributed by atoms with Crippen LogP contribution in [0.4, 0.5) is 8.78 Å². The summed E-state index contributed by atoms with van der Waals surface area (Å²) >= 11 is 0. The fourth-order valence-electron chi connectivity index (χ4n) is 6.62. The van der Waals surface area contributed by atoms with Gasteiger partial charge in [-0.25, -0.2) is 8.78 Å². The van der Waals surface area contributed by atoms with Gasteiger partial charge < -0.3 is 10.6 Å². The summed E-state index contributed by atoms with van der Waals surface area (Å²) in [6.07, 6.45) is 8.99. The molecule has 4 saturated carbocycles. The van der Waals surface area contributed by atoms with Crippen molar-refractivity contribution in [3.63, 3.8) is 0 Å². The molecule has 1 aromatic carbocycles. The van der Waals surface area contributed by atoms with Gasteiger partial charge in [0, 0.05) is 6.54 Å². The van der Waals surface area contributed by atoms with Crippen molar-refractivity contribution in [1.82, 2.24) is 10.6 Å². The summed E-state index contributed by atoms with van der Waals surface area (Å²) in [6.45, 7) is 4.20. The summed E-state index contributed by atoms with van der Waals surface area (Å²) < 4.78 is 27.8. The van der Waals surface area contributed by atoms with Crippen LogP contribution in [0, 0.1) is 40.7 Å². The number of benzene rings is 1. The van der Waals surface area contributed by atoms with Crippen molar-refractivity contribution in [3.05, 3.63) is 35.4 Å². The minimum absolute atomic E-state index is 0.205. The maximum absolute atomic E-state index is 13.9. The van der Waals surface area contributed by atoms with Gasteiger partial charge in [-0.05, 0) is 86.2 Å². The van der Waals surface area contributed by atoms with Crippen LogP contribution in [0.15, 0.2) is 18.2 Å². The van der Waals surface area contributed by atoms with Crippen LogP contribution < -0.4 is 10.6 Å². The van der Waals surface area contributed by atoms with E-state index in [-0.39, 0.29) is 11.8 Å². The molecule has 0 heterocycles. The average Bonchev–Trinajstić information content (AvgIpc) is 2.64. The Bertz CT molecular complexity index is 768. The highest BCUT2D eigenvalue weighted by molar-refractivity contribution is 5.98. The molecule has 5 rings (SSSR count). The molecule has 0 aliphatic heterocycles. The van der Waals surface area contributed by atoms with Crippen molar-refractivity contribution in [2.45, 2.75) is 64.8 Å². The molecule has 164 valence electrons. The van der Waals surface area contributed by atoms with Gasteiger partial charge in [-0.1, -0.05) is 19.9 Å². The lowest BCUT2D eigenvalue weighted by Gasteiger charge is -2.57. The molecular formula is C24H32F2N2O2. The van der Waals surface area contributed by atoms with E-state index in [0.717, 1.165) is 36.3 Å². The number of carbonyl (C=O) groups is 2. The minimum Gasteiger partial charge on any atom is -0.354 e. The minimum atomic E-state index is -0.933. The van der Waals surface area contributed by atoms with Crippen molar-refractivity contribution >= 4 is 11.8 Å². The summed E-state index contributed by atoms with van der Waals surface area (Å²) in [5.41, 5.74) is -0.279. The third kappa shape index (κ3) is 4.23. The van der Waals surface area contributed by atoms with Gasteiger partial charge in [0.05, 0.1) is 0 Å². The van der Waals surface area contributed by atoms with Gasteiger partial charge in [-0.3, -0.25) is 9.59 Å². The normalized spacial score (nSPS) is 30.4. The number of hydrogen-bond donors (Lipinski definition) is 2. The van der Waals surface area contributed by atoms with Gasteiger partial charge in [0.1, 0.15) is 23.2 Å². The number of amides is 2. The molecule has 1 unspecified atom stereocenters. The van der Waals surface area contributed by atoms with E-state index in [0.29, 0.717) is 12.0 Å². The van der Waals surface area contributed by atoms with E-state index in [1.807, 2.05) is 0 Å². The molecule has 4 bridgehead atoms. The highest BCUT2D eigenvalue weighted by Crippen LogP contribution is 2.61.